The molecule has 0 fully saturated rings. The summed E-state index contributed by atoms with van der Waals surface area (Å²) in [4.78, 5) is 13.4. The molecule has 252 valence electrons. The Morgan fingerprint density at radius 3 is 0.814 bits per heavy atom. The molecular weight excluding hydrogens is 521 g/mol. The topological polar surface area (TPSA) is 43.4 Å². The summed E-state index contributed by atoms with van der Waals surface area (Å²) in [6.45, 7) is 8.04. The predicted octanol–water partition coefficient (Wildman–Crippen LogP) is 8.96. The Balaban J connectivity index is 0. The van der Waals surface area contributed by atoms with Crippen LogP contribution in [0.25, 0.3) is 0 Å². The van der Waals surface area contributed by atoms with Crippen molar-refractivity contribution in [2.45, 2.75) is 226 Å². The van der Waals surface area contributed by atoms with Crippen LogP contribution in [0.15, 0.2) is 0 Å². The van der Waals surface area contributed by atoms with Crippen molar-refractivity contribution in [1.82, 2.24) is 4.90 Å². The van der Waals surface area contributed by atoms with E-state index in [0.717, 1.165) is 19.4 Å². The van der Waals surface area contributed by atoms with Crippen molar-refractivity contribution >= 4 is 5.97 Å². The van der Waals surface area contributed by atoms with Crippen LogP contribution in [-0.2, 0) is 4.79 Å². The van der Waals surface area contributed by atoms with Crippen molar-refractivity contribution in [3.63, 3.8) is 0 Å². The monoisotopic (exact) mass is 600 g/mol. The normalized spacial score (nSPS) is 11.3. The summed E-state index contributed by atoms with van der Waals surface area (Å²) < 4.78 is 0. The molecule has 43 heavy (non-hydrogen) atoms. The summed E-state index contributed by atoms with van der Waals surface area (Å²) in [6, 6.07) is 0. The van der Waals surface area contributed by atoms with Gasteiger partial charge in [0.25, 0.3) is 0 Å². The molecule has 0 atom stereocenters. The first-order chi connectivity index (χ1) is 20.7. The summed E-state index contributed by atoms with van der Waals surface area (Å²) in [5.41, 5.74) is 0. The van der Waals surface area contributed by atoms with Gasteiger partial charge in [-0.25, -0.2) is 0 Å². The molecule has 0 aliphatic carbocycles. The van der Waals surface area contributed by atoms with Gasteiger partial charge in [-0.05, 0) is 51.7 Å². The molecular formula is C39H78LiNO2. The SMILES string of the molecule is CCCCCCCCCCCCCCCCCN(CCCCCCCCCCCCCCCCC)CCCCC(=O)[O-].[Li+]. The van der Waals surface area contributed by atoms with E-state index in [1.807, 2.05) is 0 Å². The molecule has 0 N–H and O–H groups in total. The van der Waals surface area contributed by atoms with Crippen LogP contribution in [0.5, 0.6) is 0 Å². The number of carboxylic acids is 1. The Morgan fingerprint density at radius 1 is 0.372 bits per heavy atom. The van der Waals surface area contributed by atoms with Crippen LogP contribution < -0.4 is 24.0 Å². The summed E-state index contributed by atoms with van der Waals surface area (Å²) in [7, 11) is 0. The minimum atomic E-state index is -0.897. The Hall–Kier alpha value is 0.0274. The molecule has 0 unspecified atom stereocenters. The molecule has 0 aliphatic rings. The molecule has 4 heteroatoms. The molecule has 0 spiro atoms. The van der Waals surface area contributed by atoms with Gasteiger partial charge < -0.3 is 14.8 Å². The van der Waals surface area contributed by atoms with Gasteiger partial charge in [-0.1, -0.05) is 194 Å². The van der Waals surface area contributed by atoms with Gasteiger partial charge in [-0.2, -0.15) is 0 Å². The molecule has 0 aromatic carbocycles. The van der Waals surface area contributed by atoms with Crippen molar-refractivity contribution in [3.8, 4) is 0 Å². The fraction of sp³-hybridized carbons (Fsp3) is 0.974. The number of carbonyl (C=O) groups excluding carboxylic acids is 1. The number of hydrogen-bond acceptors (Lipinski definition) is 3. The van der Waals surface area contributed by atoms with Crippen molar-refractivity contribution in [2.75, 3.05) is 19.6 Å². The zero-order valence-electron chi connectivity index (χ0n) is 30.2. The fourth-order valence-corrected chi connectivity index (χ4v) is 6.35. The maximum Gasteiger partial charge on any atom is 1.00 e. The van der Waals surface area contributed by atoms with E-state index in [-0.39, 0.29) is 25.3 Å². The zero-order chi connectivity index (χ0) is 30.6. The Bertz CT molecular complexity index is 481. The van der Waals surface area contributed by atoms with Crippen molar-refractivity contribution in [3.05, 3.63) is 0 Å². The van der Waals surface area contributed by atoms with Crippen molar-refractivity contribution in [1.29, 1.82) is 0 Å². The van der Waals surface area contributed by atoms with Crippen molar-refractivity contribution in [2.24, 2.45) is 0 Å². The molecule has 0 radical (unpaired) electrons. The second-order valence-electron chi connectivity index (χ2n) is 13.6. The van der Waals surface area contributed by atoms with Crippen LogP contribution in [0.3, 0.4) is 0 Å². The number of carboxylic acid groups (broad SMARTS) is 1. The maximum absolute atomic E-state index is 10.8. The van der Waals surface area contributed by atoms with Gasteiger partial charge in [0.05, 0.1) is 0 Å². The van der Waals surface area contributed by atoms with E-state index in [1.165, 1.54) is 206 Å². The number of hydrogen-bond donors (Lipinski definition) is 0. The van der Waals surface area contributed by atoms with Crippen LogP contribution in [0, 0.1) is 0 Å². The largest absolute Gasteiger partial charge is 1.00 e. The summed E-state index contributed by atoms with van der Waals surface area (Å²) in [5.74, 6) is -0.897. The van der Waals surface area contributed by atoms with E-state index >= 15 is 0 Å². The number of nitrogens with zero attached hydrogens (tertiary/aromatic N) is 1. The third-order valence-electron chi connectivity index (χ3n) is 9.26. The fourth-order valence-electron chi connectivity index (χ4n) is 6.35. The molecule has 0 aromatic heterocycles. The quantitative estimate of drug-likeness (QED) is 0.0529. The van der Waals surface area contributed by atoms with Crippen LogP contribution in [-0.4, -0.2) is 30.5 Å². The minimum absolute atomic E-state index is 0. The van der Waals surface area contributed by atoms with Crippen LogP contribution >= 0.6 is 0 Å². The van der Waals surface area contributed by atoms with E-state index in [1.54, 1.807) is 0 Å². The van der Waals surface area contributed by atoms with Crippen LogP contribution in [0.1, 0.15) is 226 Å². The third kappa shape index (κ3) is 40.0. The molecule has 0 rings (SSSR count). The molecule has 0 aliphatic heterocycles. The van der Waals surface area contributed by atoms with E-state index in [4.69, 9.17) is 0 Å². The Kier molecular flexibility index (Phi) is 42.1. The van der Waals surface area contributed by atoms with Gasteiger partial charge in [-0.3, -0.25) is 0 Å². The van der Waals surface area contributed by atoms with Gasteiger partial charge >= 0.3 is 18.9 Å². The number of rotatable bonds is 37. The smallest absolute Gasteiger partial charge is 0.550 e. The second kappa shape index (κ2) is 40.1. The molecule has 3 nitrogen and oxygen atoms in total. The summed E-state index contributed by atoms with van der Waals surface area (Å²) >= 11 is 0. The summed E-state index contributed by atoms with van der Waals surface area (Å²) in [6.07, 6.45) is 44.3. The Labute approximate surface area is 284 Å². The number of unbranched alkanes of at least 4 members (excludes halogenated alkanes) is 29. The predicted molar refractivity (Wildman–Crippen MR) is 185 cm³/mol. The van der Waals surface area contributed by atoms with Crippen LogP contribution in [0.2, 0.25) is 0 Å². The van der Waals surface area contributed by atoms with Crippen LogP contribution in [0.4, 0.5) is 0 Å². The molecule has 0 aromatic rings. The minimum Gasteiger partial charge on any atom is -0.550 e. The van der Waals surface area contributed by atoms with Crippen molar-refractivity contribution < 1.29 is 28.8 Å². The molecule has 0 saturated carbocycles. The third-order valence-corrected chi connectivity index (χ3v) is 9.26. The zero-order valence-corrected chi connectivity index (χ0v) is 30.2. The van der Waals surface area contributed by atoms with E-state index in [9.17, 15) is 9.90 Å². The molecule has 0 saturated heterocycles. The first kappa shape index (κ1) is 45.2. The van der Waals surface area contributed by atoms with E-state index < -0.39 is 5.97 Å². The van der Waals surface area contributed by atoms with Gasteiger partial charge in [0.15, 0.2) is 0 Å². The average molecular weight is 600 g/mol. The second-order valence-corrected chi connectivity index (χ2v) is 13.6. The summed E-state index contributed by atoms with van der Waals surface area (Å²) in [5, 5.41) is 10.8. The molecule has 0 amide bonds. The standard InChI is InChI=1S/C39H79NO2.Li/c1-3-5-7-9-11-13-15-17-19-21-23-25-27-29-32-36-40(38-34-31-35-39(41)42)37-33-30-28-26-24-22-20-18-16-14-12-10-8-6-4-2;/h3-38H2,1-2H3,(H,41,42);/q;+1/p-1. The van der Waals surface area contributed by atoms with Gasteiger partial charge in [0, 0.05) is 5.97 Å². The average Bonchev–Trinajstić information content (AvgIpc) is 2.98. The van der Waals surface area contributed by atoms with Gasteiger partial charge in [0.1, 0.15) is 0 Å². The Morgan fingerprint density at radius 2 is 0.581 bits per heavy atom. The maximum atomic E-state index is 10.8. The van der Waals surface area contributed by atoms with E-state index in [0.29, 0.717) is 0 Å². The van der Waals surface area contributed by atoms with Gasteiger partial charge in [0.2, 0.25) is 0 Å². The van der Waals surface area contributed by atoms with Gasteiger partial charge in [-0.15, -0.1) is 0 Å². The first-order valence-corrected chi connectivity index (χ1v) is 19.6. The number of carbonyl (C=O) groups is 1. The molecule has 0 heterocycles. The first-order valence-electron chi connectivity index (χ1n) is 19.6. The van der Waals surface area contributed by atoms with E-state index in [2.05, 4.69) is 18.7 Å². The molecule has 0 bridgehead atoms. The number of aliphatic carboxylic acids is 1.